The van der Waals surface area contributed by atoms with Gasteiger partial charge < -0.3 is 0 Å². The number of amides is 1. The smallest absolute Gasteiger partial charge is 0.248 e. The molecule has 2 atom stereocenters. The first-order valence-corrected chi connectivity index (χ1v) is 6.89. The van der Waals surface area contributed by atoms with Crippen molar-refractivity contribution in [2.75, 3.05) is 4.90 Å². The molecule has 0 unspecified atom stereocenters. The average Bonchev–Trinajstić information content (AvgIpc) is 2.46. The Morgan fingerprint density at radius 2 is 1.70 bits per heavy atom. The van der Waals surface area contributed by atoms with Crippen LogP contribution in [0, 0.1) is 5.82 Å². The second-order valence-electron chi connectivity index (χ2n) is 4.53. The molecule has 3 rings (SSSR count). The van der Waals surface area contributed by atoms with Gasteiger partial charge in [0.15, 0.2) is 0 Å². The van der Waals surface area contributed by atoms with E-state index in [4.69, 9.17) is 23.2 Å². The summed E-state index contributed by atoms with van der Waals surface area (Å²) in [4.78, 5) is 13.3. The van der Waals surface area contributed by atoms with E-state index in [-0.39, 0.29) is 11.6 Å². The Bertz CT molecular complexity index is 676. The van der Waals surface area contributed by atoms with Crippen LogP contribution < -0.4 is 4.90 Å². The summed E-state index contributed by atoms with van der Waals surface area (Å²) in [5.41, 5.74) is 0.941. The molecule has 1 saturated heterocycles. The van der Waals surface area contributed by atoms with Crippen LogP contribution in [0.1, 0.15) is 11.6 Å². The molecule has 2 aromatic carbocycles. The first-order chi connectivity index (χ1) is 9.61. The highest BCUT2D eigenvalue weighted by molar-refractivity contribution is 6.38. The van der Waals surface area contributed by atoms with Gasteiger partial charge in [-0.15, -0.1) is 11.6 Å². The molecule has 0 bridgehead atoms. The third kappa shape index (κ3) is 1.98. The van der Waals surface area contributed by atoms with E-state index in [1.807, 2.05) is 6.07 Å². The topological polar surface area (TPSA) is 20.3 Å². The van der Waals surface area contributed by atoms with Gasteiger partial charge in [0, 0.05) is 5.02 Å². The second kappa shape index (κ2) is 5.08. The number of β-lactam (4-membered cyclic amide) rings is 1. The van der Waals surface area contributed by atoms with Crippen molar-refractivity contribution in [3.63, 3.8) is 0 Å². The number of anilines is 1. The maximum atomic E-state index is 13.9. The molecule has 0 aromatic heterocycles. The van der Waals surface area contributed by atoms with Crippen LogP contribution in [0.15, 0.2) is 48.5 Å². The zero-order valence-corrected chi connectivity index (χ0v) is 11.8. The van der Waals surface area contributed by atoms with Gasteiger partial charge in [-0.25, -0.2) is 4.39 Å². The van der Waals surface area contributed by atoms with Gasteiger partial charge in [0.2, 0.25) is 5.91 Å². The first kappa shape index (κ1) is 13.4. The third-order valence-electron chi connectivity index (χ3n) is 3.36. The minimum atomic E-state index is -0.727. The van der Waals surface area contributed by atoms with E-state index in [9.17, 15) is 9.18 Å². The molecule has 2 nitrogen and oxygen atoms in total. The molecule has 0 aliphatic carbocycles. The molecule has 1 aliphatic heterocycles. The Morgan fingerprint density at radius 3 is 2.40 bits per heavy atom. The van der Waals surface area contributed by atoms with Crippen molar-refractivity contribution < 1.29 is 9.18 Å². The van der Waals surface area contributed by atoms with Gasteiger partial charge >= 0.3 is 0 Å². The average molecular weight is 310 g/mol. The number of benzene rings is 2. The van der Waals surface area contributed by atoms with Crippen molar-refractivity contribution in [2.45, 2.75) is 11.4 Å². The maximum absolute atomic E-state index is 13.9. The van der Waals surface area contributed by atoms with Crippen molar-refractivity contribution >= 4 is 34.8 Å². The summed E-state index contributed by atoms with van der Waals surface area (Å²) in [6.07, 6.45) is 0. The summed E-state index contributed by atoms with van der Waals surface area (Å²) >= 11 is 12.2. The Labute approximate surface area is 125 Å². The normalized spacial score (nSPS) is 21.8. The van der Waals surface area contributed by atoms with Crippen LogP contribution in [0.3, 0.4) is 0 Å². The standard InChI is InChI=1S/C15H10Cl2FNO/c16-10-6-2-1-5-9(10)14-13(17)15(20)19(14)12-8-4-3-7-11(12)18/h1-8,13-14H/t13-,14-/m0/s1. The van der Waals surface area contributed by atoms with E-state index < -0.39 is 17.2 Å². The Morgan fingerprint density at radius 1 is 1.05 bits per heavy atom. The van der Waals surface area contributed by atoms with Crippen molar-refractivity contribution in [3.8, 4) is 0 Å². The molecule has 2 aromatic rings. The molecule has 0 saturated carbocycles. The molecule has 0 N–H and O–H groups in total. The third-order valence-corrected chi connectivity index (χ3v) is 4.13. The Kier molecular flexibility index (Phi) is 3.40. The van der Waals surface area contributed by atoms with Crippen molar-refractivity contribution in [1.29, 1.82) is 0 Å². The molecule has 0 radical (unpaired) electrons. The molecule has 1 fully saturated rings. The van der Waals surface area contributed by atoms with E-state index in [0.717, 1.165) is 5.56 Å². The fourth-order valence-electron chi connectivity index (χ4n) is 2.38. The molecule has 1 amide bonds. The van der Waals surface area contributed by atoms with Crippen LogP contribution in [0.5, 0.6) is 0 Å². The summed E-state index contributed by atoms with van der Waals surface area (Å²) in [7, 11) is 0. The van der Waals surface area contributed by atoms with Gasteiger partial charge in [-0.05, 0) is 23.8 Å². The lowest BCUT2D eigenvalue weighted by molar-refractivity contribution is -0.123. The largest absolute Gasteiger partial charge is 0.299 e. The summed E-state index contributed by atoms with van der Waals surface area (Å²) in [5.74, 6) is -0.775. The molecule has 1 aliphatic rings. The number of hydrogen-bond acceptors (Lipinski definition) is 1. The highest BCUT2D eigenvalue weighted by Crippen LogP contribution is 2.44. The maximum Gasteiger partial charge on any atom is 0.248 e. The van der Waals surface area contributed by atoms with E-state index in [1.165, 1.54) is 11.0 Å². The van der Waals surface area contributed by atoms with Gasteiger partial charge in [-0.2, -0.15) is 0 Å². The lowest BCUT2D eigenvalue weighted by Gasteiger charge is -2.44. The number of hydrogen-bond donors (Lipinski definition) is 0. The zero-order chi connectivity index (χ0) is 14.3. The van der Waals surface area contributed by atoms with E-state index in [2.05, 4.69) is 0 Å². The van der Waals surface area contributed by atoms with Crippen LogP contribution in [0.4, 0.5) is 10.1 Å². The molecule has 1 heterocycles. The predicted molar refractivity (Wildman–Crippen MR) is 77.7 cm³/mol. The first-order valence-electron chi connectivity index (χ1n) is 6.07. The van der Waals surface area contributed by atoms with Gasteiger partial charge in [-0.3, -0.25) is 9.69 Å². The fraction of sp³-hybridized carbons (Fsp3) is 0.133. The summed E-state index contributed by atoms with van der Waals surface area (Å²) in [5, 5.41) is -0.216. The number of rotatable bonds is 2. The number of alkyl halides is 1. The summed E-state index contributed by atoms with van der Waals surface area (Å²) in [6.45, 7) is 0. The van der Waals surface area contributed by atoms with Gasteiger partial charge in [0.25, 0.3) is 0 Å². The van der Waals surface area contributed by atoms with Crippen molar-refractivity contribution in [1.82, 2.24) is 0 Å². The molecule has 20 heavy (non-hydrogen) atoms. The monoisotopic (exact) mass is 309 g/mol. The highest BCUT2D eigenvalue weighted by atomic mass is 35.5. The molecular formula is C15H10Cl2FNO. The molecule has 0 spiro atoms. The molecular weight excluding hydrogens is 300 g/mol. The highest BCUT2D eigenvalue weighted by Gasteiger charge is 2.49. The summed E-state index contributed by atoms with van der Waals surface area (Å²) in [6, 6.07) is 12.8. The SMILES string of the molecule is O=C1[C@@H](Cl)[C@H](c2ccccc2Cl)N1c1ccccc1F. The lowest BCUT2D eigenvalue weighted by Crippen LogP contribution is -2.57. The number of nitrogens with zero attached hydrogens (tertiary/aromatic N) is 1. The minimum absolute atomic E-state index is 0.222. The van der Waals surface area contributed by atoms with Gasteiger partial charge in [0.05, 0.1) is 11.7 Å². The lowest BCUT2D eigenvalue weighted by atomic mass is 9.92. The molecule has 102 valence electrons. The van der Waals surface area contributed by atoms with E-state index in [0.29, 0.717) is 5.02 Å². The number of carbonyl (C=O) groups is 1. The predicted octanol–water partition coefficient (Wildman–Crippen LogP) is 4.17. The minimum Gasteiger partial charge on any atom is -0.299 e. The van der Waals surface area contributed by atoms with E-state index in [1.54, 1.807) is 36.4 Å². The van der Waals surface area contributed by atoms with Crippen LogP contribution in [-0.2, 0) is 4.79 Å². The summed E-state index contributed by atoms with van der Waals surface area (Å²) < 4.78 is 13.9. The number of para-hydroxylation sites is 1. The van der Waals surface area contributed by atoms with Gasteiger partial charge in [-0.1, -0.05) is 41.9 Å². The van der Waals surface area contributed by atoms with Crippen LogP contribution in [0.2, 0.25) is 5.02 Å². The second-order valence-corrected chi connectivity index (χ2v) is 5.41. The van der Waals surface area contributed by atoms with E-state index >= 15 is 0 Å². The van der Waals surface area contributed by atoms with Crippen LogP contribution in [-0.4, -0.2) is 11.3 Å². The van der Waals surface area contributed by atoms with Gasteiger partial charge in [0.1, 0.15) is 11.2 Å². The molecule has 5 heteroatoms. The Balaban J connectivity index is 2.05. The zero-order valence-electron chi connectivity index (χ0n) is 10.3. The van der Waals surface area contributed by atoms with Crippen molar-refractivity contribution in [3.05, 3.63) is 64.9 Å². The van der Waals surface area contributed by atoms with Crippen molar-refractivity contribution in [2.24, 2.45) is 0 Å². The fourth-order valence-corrected chi connectivity index (χ4v) is 2.98. The quantitative estimate of drug-likeness (QED) is 0.602. The number of halogens is 3. The number of carbonyl (C=O) groups excluding carboxylic acids is 1. The van der Waals surface area contributed by atoms with Crippen LogP contribution >= 0.6 is 23.2 Å². The Hall–Kier alpha value is -1.58. The van der Waals surface area contributed by atoms with Crippen LogP contribution in [0.25, 0.3) is 0 Å².